The van der Waals surface area contributed by atoms with Crippen molar-refractivity contribution in [1.29, 1.82) is 0 Å². The van der Waals surface area contributed by atoms with Gasteiger partial charge in [-0.2, -0.15) is 0 Å². The SMILES string of the molecule is C#Cc1cccc2cccc(C#Cc3ccccn3)c12.Ic1ccc2ccccc2c1I.c1ccc(-c2c3c(cc4ccc5ccccc5c24)-c2cccc4cccc-3c24)nc1. The molecule has 0 unspecified atom stereocenters. The standard InChI is InChI=1S/C29H17N.C19H11N.C10H6I2/c1-2-10-21-18(7-1)14-15-20-17-24-22-11-5-8-19-9-6-12-23(26(19)22)28(24)29(27(20)21)25-13-3-4-16-30-25;1-2-15-7-5-8-16-9-6-10-17(19(15)16)12-13-18-11-3-4-14-20-18;11-9-6-5-7-3-1-2-4-8(7)10(9)12/h1-17H;1,3-11,14H;1-6H. The van der Waals surface area contributed by atoms with Crippen LogP contribution in [0.3, 0.4) is 0 Å². The molecule has 0 saturated heterocycles. The first-order valence-corrected chi connectivity index (χ1v) is 22.4. The normalized spacial score (nSPS) is 10.9. The van der Waals surface area contributed by atoms with Crippen molar-refractivity contribution in [1.82, 2.24) is 9.97 Å². The fraction of sp³-hybridized carbons (Fsp3) is 0. The molecule has 0 spiro atoms. The van der Waals surface area contributed by atoms with Gasteiger partial charge in [-0.1, -0.05) is 151 Å². The third-order valence-corrected chi connectivity index (χ3v) is 14.4. The van der Waals surface area contributed by atoms with E-state index in [-0.39, 0.29) is 0 Å². The highest BCUT2D eigenvalue weighted by Gasteiger charge is 2.27. The molecule has 0 atom stereocenters. The molecule has 0 N–H and O–H groups in total. The lowest BCUT2D eigenvalue weighted by Gasteiger charge is -2.16. The summed E-state index contributed by atoms with van der Waals surface area (Å²) in [7, 11) is 0. The lowest BCUT2D eigenvalue weighted by atomic mass is 9.88. The minimum absolute atomic E-state index is 0.752. The largest absolute Gasteiger partial charge is 0.256 e. The number of aromatic nitrogens is 2. The van der Waals surface area contributed by atoms with E-state index < -0.39 is 0 Å². The van der Waals surface area contributed by atoms with Crippen LogP contribution in [0.25, 0.3) is 87.4 Å². The van der Waals surface area contributed by atoms with Crippen LogP contribution in [0.1, 0.15) is 16.8 Å². The van der Waals surface area contributed by atoms with E-state index in [1.54, 1.807) is 6.20 Å². The summed E-state index contributed by atoms with van der Waals surface area (Å²) in [5.41, 5.74) is 10.1. The van der Waals surface area contributed by atoms with Gasteiger partial charge in [0.2, 0.25) is 0 Å². The van der Waals surface area contributed by atoms with Gasteiger partial charge in [0.15, 0.2) is 0 Å². The van der Waals surface area contributed by atoms with Gasteiger partial charge in [-0.05, 0) is 165 Å². The number of terminal acetylenes is 1. The summed E-state index contributed by atoms with van der Waals surface area (Å²) in [5, 5.41) is 12.5. The number of pyridine rings is 2. The molecular formula is C58H34I2N2. The zero-order valence-corrected chi connectivity index (χ0v) is 37.6. The summed E-state index contributed by atoms with van der Waals surface area (Å²) in [4.78, 5) is 9.01. The Balaban J connectivity index is 0.000000123. The molecule has 1 aliphatic carbocycles. The molecule has 0 bridgehead atoms. The van der Waals surface area contributed by atoms with Crippen LogP contribution in [0, 0.1) is 31.3 Å². The van der Waals surface area contributed by atoms with E-state index in [0.29, 0.717) is 0 Å². The molecule has 0 saturated carbocycles. The Bertz CT molecular complexity index is 3610. The summed E-state index contributed by atoms with van der Waals surface area (Å²) < 4.78 is 2.68. The summed E-state index contributed by atoms with van der Waals surface area (Å²) in [5.74, 6) is 8.97. The molecular weight excluding hydrogens is 978 g/mol. The molecule has 2 aromatic heterocycles. The van der Waals surface area contributed by atoms with Gasteiger partial charge in [-0.3, -0.25) is 4.98 Å². The smallest absolute Gasteiger partial charge is 0.113 e. The average molecular weight is 1010 g/mol. The number of nitrogens with zero attached hydrogens (tertiary/aromatic N) is 2. The molecule has 9 aromatic carbocycles. The number of hydrogen-bond donors (Lipinski definition) is 0. The van der Waals surface area contributed by atoms with E-state index in [9.17, 15) is 0 Å². The number of fused-ring (bicyclic) bond motifs is 8. The van der Waals surface area contributed by atoms with Crippen LogP contribution in [0.4, 0.5) is 0 Å². The maximum absolute atomic E-state index is 5.58. The Morgan fingerprint density at radius 1 is 0.403 bits per heavy atom. The highest BCUT2D eigenvalue weighted by atomic mass is 127. The van der Waals surface area contributed by atoms with E-state index in [1.807, 2.05) is 66.9 Å². The molecule has 2 heterocycles. The third kappa shape index (κ3) is 7.36. The lowest BCUT2D eigenvalue weighted by Crippen LogP contribution is -1.91. The van der Waals surface area contributed by atoms with Gasteiger partial charge in [0.1, 0.15) is 5.69 Å². The summed E-state index contributed by atoms with van der Waals surface area (Å²) in [6, 6.07) is 65.5. The Morgan fingerprint density at radius 3 is 1.73 bits per heavy atom. The van der Waals surface area contributed by atoms with Crippen molar-refractivity contribution in [3.8, 4) is 57.7 Å². The topological polar surface area (TPSA) is 25.8 Å². The molecule has 11 aromatic rings. The van der Waals surface area contributed by atoms with Crippen LogP contribution in [-0.2, 0) is 0 Å². The molecule has 62 heavy (non-hydrogen) atoms. The van der Waals surface area contributed by atoms with Crippen LogP contribution in [-0.4, -0.2) is 9.97 Å². The quantitative estimate of drug-likeness (QED) is 0.0930. The second-order valence-electron chi connectivity index (χ2n) is 14.9. The molecule has 0 aliphatic heterocycles. The fourth-order valence-corrected chi connectivity index (χ4v) is 9.69. The minimum atomic E-state index is 0.752. The third-order valence-electron chi connectivity index (χ3n) is 11.3. The van der Waals surface area contributed by atoms with Gasteiger partial charge in [-0.15, -0.1) is 6.42 Å². The first-order chi connectivity index (χ1) is 30.6. The lowest BCUT2D eigenvalue weighted by molar-refractivity contribution is 1.29. The molecule has 0 radical (unpaired) electrons. The van der Waals surface area contributed by atoms with Crippen LogP contribution in [0.2, 0.25) is 0 Å². The second-order valence-corrected chi connectivity index (χ2v) is 17.1. The van der Waals surface area contributed by atoms with Crippen LogP contribution in [0.15, 0.2) is 200 Å². The van der Waals surface area contributed by atoms with E-state index in [4.69, 9.17) is 11.4 Å². The average Bonchev–Trinajstić information content (AvgIpc) is 3.66. The van der Waals surface area contributed by atoms with Crippen LogP contribution >= 0.6 is 45.2 Å². The number of rotatable bonds is 1. The Morgan fingerprint density at radius 2 is 1.00 bits per heavy atom. The van der Waals surface area contributed by atoms with Gasteiger partial charge in [0, 0.05) is 47.2 Å². The second kappa shape index (κ2) is 17.3. The molecule has 1 aliphatic rings. The molecule has 4 heteroatoms. The van der Waals surface area contributed by atoms with E-state index in [1.165, 1.54) is 78.0 Å². The summed E-state index contributed by atoms with van der Waals surface area (Å²) in [6.07, 6.45) is 9.21. The highest BCUT2D eigenvalue weighted by Crippen LogP contribution is 2.54. The van der Waals surface area contributed by atoms with E-state index in [0.717, 1.165) is 33.3 Å². The first kappa shape index (κ1) is 39.3. The van der Waals surface area contributed by atoms with Gasteiger partial charge >= 0.3 is 0 Å². The Hall–Kier alpha value is -6.84. The van der Waals surface area contributed by atoms with Crippen LogP contribution < -0.4 is 0 Å². The summed E-state index contributed by atoms with van der Waals surface area (Å²) in [6.45, 7) is 0. The van der Waals surface area contributed by atoms with E-state index >= 15 is 0 Å². The number of hydrogen-bond acceptors (Lipinski definition) is 2. The van der Waals surface area contributed by atoms with Gasteiger partial charge in [-0.25, -0.2) is 4.98 Å². The Kier molecular flexibility index (Phi) is 10.9. The van der Waals surface area contributed by atoms with Crippen molar-refractivity contribution in [2.24, 2.45) is 0 Å². The minimum Gasteiger partial charge on any atom is -0.256 e. The summed E-state index contributed by atoms with van der Waals surface area (Å²) >= 11 is 4.76. The highest BCUT2D eigenvalue weighted by molar-refractivity contribution is 14.1. The predicted molar refractivity (Wildman–Crippen MR) is 278 cm³/mol. The van der Waals surface area contributed by atoms with Crippen molar-refractivity contribution in [3.05, 3.63) is 224 Å². The van der Waals surface area contributed by atoms with Gasteiger partial charge in [0.25, 0.3) is 0 Å². The van der Waals surface area contributed by atoms with Gasteiger partial charge < -0.3 is 0 Å². The van der Waals surface area contributed by atoms with Crippen molar-refractivity contribution in [2.75, 3.05) is 0 Å². The molecule has 0 amide bonds. The molecule has 290 valence electrons. The monoisotopic (exact) mass is 1010 g/mol. The molecule has 0 fully saturated rings. The number of benzene rings is 9. The maximum atomic E-state index is 5.58. The fourth-order valence-electron chi connectivity index (χ4n) is 8.55. The Labute approximate surface area is 388 Å². The van der Waals surface area contributed by atoms with E-state index in [2.05, 4.69) is 195 Å². The number of halogens is 2. The zero-order chi connectivity index (χ0) is 42.0. The maximum Gasteiger partial charge on any atom is 0.113 e. The molecule has 12 rings (SSSR count). The van der Waals surface area contributed by atoms with Crippen molar-refractivity contribution in [3.63, 3.8) is 0 Å². The first-order valence-electron chi connectivity index (χ1n) is 20.2. The molecule has 2 nitrogen and oxygen atoms in total. The van der Waals surface area contributed by atoms with Crippen molar-refractivity contribution < 1.29 is 0 Å². The van der Waals surface area contributed by atoms with Crippen LogP contribution in [0.5, 0.6) is 0 Å². The zero-order valence-electron chi connectivity index (χ0n) is 33.3. The van der Waals surface area contributed by atoms with Crippen molar-refractivity contribution >= 4 is 99.0 Å². The van der Waals surface area contributed by atoms with Gasteiger partial charge in [0.05, 0.1) is 5.69 Å². The predicted octanol–water partition coefficient (Wildman–Crippen LogP) is 15.5. The van der Waals surface area contributed by atoms with Crippen molar-refractivity contribution in [2.45, 2.75) is 0 Å².